The lowest BCUT2D eigenvalue weighted by atomic mass is 10.2. The molecular formula is C13H17N5O3. The fraction of sp³-hybridized carbons (Fsp3) is 0.385. The molecule has 112 valence electrons. The van der Waals surface area contributed by atoms with Gasteiger partial charge in [-0.25, -0.2) is 4.98 Å². The van der Waals surface area contributed by atoms with Crippen molar-refractivity contribution in [2.24, 2.45) is 0 Å². The Morgan fingerprint density at radius 3 is 2.86 bits per heavy atom. The van der Waals surface area contributed by atoms with Crippen molar-refractivity contribution >= 4 is 11.4 Å². The second-order valence-electron chi connectivity index (χ2n) is 4.75. The second-order valence-corrected chi connectivity index (χ2v) is 4.75. The fourth-order valence-corrected chi connectivity index (χ4v) is 1.81. The first-order chi connectivity index (χ1) is 10.0. The molecule has 0 atom stereocenters. The molecule has 0 spiro atoms. The number of nitro benzene ring substituents is 1. The zero-order valence-electron chi connectivity index (χ0n) is 11.9. The summed E-state index contributed by atoms with van der Waals surface area (Å²) >= 11 is 0. The third-order valence-corrected chi connectivity index (χ3v) is 2.63. The number of hydrogen-bond acceptors (Lipinski definition) is 6. The summed E-state index contributed by atoms with van der Waals surface area (Å²) in [6, 6.07) is 4.64. The average molecular weight is 291 g/mol. The summed E-state index contributed by atoms with van der Waals surface area (Å²) < 4.78 is 5.52. The Labute approximate surface area is 121 Å². The van der Waals surface area contributed by atoms with Crippen LogP contribution in [0.5, 0.6) is 5.75 Å². The summed E-state index contributed by atoms with van der Waals surface area (Å²) in [6.45, 7) is 4.32. The Morgan fingerprint density at radius 1 is 1.43 bits per heavy atom. The van der Waals surface area contributed by atoms with Crippen molar-refractivity contribution in [1.82, 2.24) is 15.2 Å². The Kier molecular flexibility index (Phi) is 4.70. The number of nitrogens with zero attached hydrogens (tertiary/aromatic N) is 3. The fourth-order valence-electron chi connectivity index (χ4n) is 1.81. The van der Waals surface area contributed by atoms with E-state index in [0.717, 1.165) is 5.82 Å². The van der Waals surface area contributed by atoms with Crippen LogP contribution in [0, 0.1) is 10.1 Å². The first-order valence-corrected chi connectivity index (χ1v) is 6.59. The predicted octanol–water partition coefficient (Wildman–Crippen LogP) is 2.15. The summed E-state index contributed by atoms with van der Waals surface area (Å²) in [5, 5.41) is 20.6. The summed E-state index contributed by atoms with van der Waals surface area (Å²) in [7, 11) is 0. The Morgan fingerprint density at radius 2 is 2.24 bits per heavy atom. The highest BCUT2D eigenvalue weighted by atomic mass is 16.6. The lowest BCUT2D eigenvalue weighted by Gasteiger charge is -2.12. The van der Waals surface area contributed by atoms with Gasteiger partial charge in [0.1, 0.15) is 17.9 Å². The Hall–Kier alpha value is -2.64. The van der Waals surface area contributed by atoms with Crippen molar-refractivity contribution in [3.05, 3.63) is 40.5 Å². The summed E-state index contributed by atoms with van der Waals surface area (Å²) in [4.78, 5) is 14.5. The van der Waals surface area contributed by atoms with Crippen LogP contribution in [0.1, 0.15) is 19.7 Å². The summed E-state index contributed by atoms with van der Waals surface area (Å²) in [5.41, 5.74) is 0.634. The van der Waals surface area contributed by atoms with Crippen LogP contribution in [0.3, 0.4) is 0 Å². The maximum atomic E-state index is 11.0. The summed E-state index contributed by atoms with van der Waals surface area (Å²) in [6.07, 6.45) is 2.04. The van der Waals surface area contributed by atoms with Crippen LogP contribution in [0.4, 0.5) is 11.4 Å². The van der Waals surface area contributed by atoms with Gasteiger partial charge in [0.2, 0.25) is 0 Å². The van der Waals surface area contributed by atoms with Crippen LogP contribution in [0.2, 0.25) is 0 Å². The number of rotatable bonds is 7. The lowest BCUT2D eigenvalue weighted by Crippen LogP contribution is -2.09. The number of aromatic nitrogens is 3. The molecule has 2 aromatic rings. The van der Waals surface area contributed by atoms with Gasteiger partial charge in [0.25, 0.3) is 5.69 Å². The van der Waals surface area contributed by atoms with Gasteiger partial charge in [-0.05, 0) is 13.8 Å². The topological polar surface area (TPSA) is 106 Å². The quantitative estimate of drug-likeness (QED) is 0.598. The van der Waals surface area contributed by atoms with Crippen molar-refractivity contribution < 1.29 is 9.66 Å². The van der Waals surface area contributed by atoms with E-state index in [-0.39, 0.29) is 11.8 Å². The first-order valence-electron chi connectivity index (χ1n) is 6.59. The van der Waals surface area contributed by atoms with E-state index in [4.69, 9.17) is 4.74 Å². The molecule has 0 aliphatic heterocycles. The first kappa shape index (κ1) is 14.8. The zero-order valence-corrected chi connectivity index (χ0v) is 11.9. The van der Waals surface area contributed by atoms with Crippen LogP contribution in [0.15, 0.2) is 24.5 Å². The van der Waals surface area contributed by atoms with Crippen LogP contribution >= 0.6 is 0 Å². The molecule has 0 unspecified atom stereocenters. The second kappa shape index (κ2) is 6.69. The van der Waals surface area contributed by atoms with Crippen LogP contribution in [-0.2, 0) is 6.42 Å². The maximum Gasteiger partial charge on any atom is 0.275 e. The van der Waals surface area contributed by atoms with E-state index in [1.165, 1.54) is 18.5 Å². The van der Waals surface area contributed by atoms with E-state index in [9.17, 15) is 10.1 Å². The van der Waals surface area contributed by atoms with Gasteiger partial charge in [0.05, 0.1) is 17.1 Å². The Balaban J connectivity index is 2.06. The molecule has 0 aliphatic rings. The maximum absolute atomic E-state index is 11.0. The minimum Gasteiger partial charge on any atom is -0.491 e. The number of non-ortho nitro benzene ring substituents is 1. The van der Waals surface area contributed by atoms with Crippen molar-refractivity contribution in [2.75, 3.05) is 11.9 Å². The normalized spacial score (nSPS) is 10.6. The number of aromatic amines is 1. The zero-order chi connectivity index (χ0) is 15.2. The van der Waals surface area contributed by atoms with Gasteiger partial charge >= 0.3 is 0 Å². The Bertz CT molecular complexity index is 598. The lowest BCUT2D eigenvalue weighted by molar-refractivity contribution is -0.384. The average Bonchev–Trinajstić information content (AvgIpc) is 2.90. The van der Waals surface area contributed by atoms with Gasteiger partial charge in [0.15, 0.2) is 0 Å². The third kappa shape index (κ3) is 4.44. The largest absolute Gasteiger partial charge is 0.491 e. The number of nitro groups is 1. The minimum atomic E-state index is -0.436. The summed E-state index contributed by atoms with van der Waals surface area (Å²) in [5.74, 6) is 1.23. The smallest absolute Gasteiger partial charge is 0.275 e. The van der Waals surface area contributed by atoms with E-state index in [1.807, 2.05) is 13.8 Å². The van der Waals surface area contributed by atoms with E-state index in [0.29, 0.717) is 24.4 Å². The molecule has 0 amide bonds. The van der Waals surface area contributed by atoms with Crippen LogP contribution < -0.4 is 10.1 Å². The van der Waals surface area contributed by atoms with E-state index >= 15 is 0 Å². The van der Waals surface area contributed by atoms with Gasteiger partial charge in [-0.3, -0.25) is 15.2 Å². The van der Waals surface area contributed by atoms with Crippen LogP contribution in [-0.4, -0.2) is 32.8 Å². The molecule has 1 aromatic heterocycles. The number of nitrogens with one attached hydrogen (secondary N) is 2. The molecule has 1 heterocycles. The van der Waals surface area contributed by atoms with Gasteiger partial charge in [-0.2, -0.15) is 5.10 Å². The third-order valence-electron chi connectivity index (χ3n) is 2.63. The van der Waals surface area contributed by atoms with Gasteiger partial charge in [0, 0.05) is 30.8 Å². The molecule has 8 nitrogen and oxygen atoms in total. The molecule has 0 fully saturated rings. The number of anilines is 1. The molecule has 0 saturated heterocycles. The van der Waals surface area contributed by atoms with Crippen molar-refractivity contribution in [2.45, 2.75) is 26.4 Å². The molecule has 2 N–H and O–H groups in total. The predicted molar refractivity (Wildman–Crippen MR) is 77.4 cm³/mol. The standard InChI is InChI=1S/C13H17N5O3/c1-9(2)21-12-6-10(5-11(7-12)18(19)20)14-4-3-13-15-8-16-17-13/h5-9,14H,3-4H2,1-2H3,(H,15,16,17). The molecule has 1 aromatic carbocycles. The molecule has 0 radical (unpaired) electrons. The monoisotopic (exact) mass is 291 g/mol. The van der Waals surface area contributed by atoms with Crippen LogP contribution in [0.25, 0.3) is 0 Å². The highest BCUT2D eigenvalue weighted by Crippen LogP contribution is 2.26. The molecule has 2 rings (SSSR count). The molecule has 0 bridgehead atoms. The van der Waals surface area contributed by atoms with Gasteiger partial charge in [-0.15, -0.1) is 0 Å². The number of H-pyrrole nitrogens is 1. The van der Waals surface area contributed by atoms with E-state index in [2.05, 4.69) is 20.5 Å². The highest BCUT2D eigenvalue weighted by molar-refractivity contribution is 5.56. The SMILES string of the molecule is CC(C)Oc1cc(NCCc2ncn[nH]2)cc([N+](=O)[O-])c1. The molecular weight excluding hydrogens is 274 g/mol. The number of benzene rings is 1. The van der Waals surface area contributed by atoms with Crippen molar-refractivity contribution in [1.29, 1.82) is 0 Å². The van der Waals surface area contributed by atoms with E-state index < -0.39 is 4.92 Å². The molecule has 0 aliphatic carbocycles. The minimum absolute atomic E-state index is 0.00434. The molecule has 21 heavy (non-hydrogen) atoms. The molecule has 0 saturated carbocycles. The van der Waals surface area contributed by atoms with E-state index in [1.54, 1.807) is 6.07 Å². The highest BCUT2D eigenvalue weighted by Gasteiger charge is 2.11. The van der Waals surface area contributed by atoms with Crippen molar-refractivity contribution in [3.63, 3.8) is 0 Å². The van der Waals surface area contributed by atoms with Gasteiger partial charge < -0.3 is 10.1 Å². The number of ether oxygens (including phenoxy) is 1. The molecule has 8 heteroatoms. The van der Waals surface area contributed by atoms with Gasteiger partial charge in [-0.1, -0.05) is 0 Å². The van der Waals surface area contributed by atoms with Crippen molar-refractivity contribution in [3.8, 4) is 5.75 Å². The number of hydrogen-bond donors (Lipinski definition) is 2.